The second-order valence-corrected chi connectivity index (χ2v) is 18.5. The van der Waals surface area contributed by atoms with Gasteiger partial charge in [-0.05, 0) is 77.0 Å². The summed E-state index contributed by atoms with van der Waals surface area (Å²) >= 11 is 0. The highest BCUT2D eigenvalue weighted by Gasteiger charge is 2.26. The van der Waals surface area contributed by atoms with Gasteiger partial charge in [-0.2, -0.15) is 0 Å². The molecule has 10 heteroatoms. The van der Waals surface area contributed by atoms with Crippen molar-refractivity contribution < 1.29 is 37.6 Å². The molecule has 0 aliphatic carbocycles. The molecule has 0 bridgehead atoms. The second kappa shape index (κ2) is 49.2. The molecule has 0 aromatic rings. The van der Waals surface area contributed by atoms with E-state index in [2.05, 4.69) is 74.6 Å². The Bertz CT molecular complexity index is 1220. The summed E-state index contributed by atoms with van der Waals surface area (Å²) in [5, 5.41) is 0. The van der Waals surface area contributed by atoms with Crippen LogP contribution in [-0.4, -0.2) is 49.3 Å². The summed E-state index contributed by atoms with van der Waals surface area (Å²) in [6, 6.07) is 0. The Morgan fingerprint density at radius 1 is 0.492 bits per heavy atom. The summed E-state index contributed by atoms with van der Waals surface area (Å²) in [5.74, 6) is -0.860. The van der Waals surface area contributed by atoms with Gasteiger partial charge in [0.1, 0.15) is 6.61 Å². The molecule has 0 amide bonds. The number of carbonyl (C=O) groups excluding carboxylic acids is 2. The average Bonchev–Trinajstić information content (AvgIpc) is 3.27. The highest BCUT2D eigenvalue weighted by Crippen LogP contribution is 2.43. The molecule has 0 fully saturated rings. The predicted molar refractivity (Wildman–Crippen MR) is 266 cm³/mol. The fourth-order valence-electron chi connectivity index (χ4n) is 7.09. The zero-order chi connectivity index (χ0) is 46.0. The molecule has 2 unspecified atom stereocenters. The van der Waals surface area contributed by atoms with E-state index in [1.807, 2.05) is 0 Å². The normalized spacial score (nSPS) is 13.7. The Morgan fingerprint density at radius 2 is 0.873 bits per heavy atom. The van der Waals surface area contributed by atoms with E-state index < -0.39 is 26.5 Å². The smallest absolute Gasteiger partial charge is 0.462 e. The molecule has 0 spiro atoms. The third kappa shape index (κ3) is 49.0. The number of carbonyl (C=O) groups is 2. The summed E-state index contributed by atoms with van der Waals surface area (Å²) in [6.07, 6.45) is 60.0. The molecule has 0 heterocycles. The van der Waals surface area contributed by atoms with Gasteiger partial charge in [0.2, 0.25) is 0 Å². The Kier molecular flexibility index (Phi) is 47.4. The second-order valence-electron chi connectivity index (χ2n) is 17.0. The minimum absolute atomic E-state index is 0.0471. The van der Waals surface area contributed by atoms with E-state index in [-0.39, 0.29) is 38.6 Å². The van der Waals surface area contributed by atoms with Crippen molar-refractivity contribution in [3.63, 3.8) is 0 Å². The average molecular weight is 906 g/mol. The third-order valence-electron chi connectivity index (χ3n) is 10.9. The lowest BCUT2D eigenvalue weighted by molar-refractivity contribution is -0.161. The molecule has 366 valence electrons. The van der Waals surface area contributed by atoms with Gasteiger partial charge in [-0.25, -0.2) is 4.57 Å². The number of hydrogen-bond acceptors (Lipinski definition) is 8. The first kappa shape index (κ1) is 60.7. The molecule has 0 aromatic carbocycles. The Labute approximate surface area is 387 Å². The van der Waals surface area contributed by atoms with Gasteiger partial charge in [0.05, 0.1) is 13.2 Å². The number of allylic oxidation sites excluding steroid dienone is 10. The van der Waals surface area contributed by atoms with Crippen molar-refractivity contribution in [1.29, 1.82) is 0 Å². The standard InChI is InChI=1S/C53H96NO8P/c1-3-5-7-9-11-13-15-17-18-19-20-21-22-23-24-25-26-27-28-29-30-31-32-34-35-37-39-41-43-45-52(55)59-49-51(50-61-63(57,58)60-48-47-54)62-53(56)46-44-42-40-38-36-33-16-14-12-10-8-6-4-2/h6,8,12,14-15,17,19-20,33,36,51H,3-5,7,9-11,13,16,18,21-32,34-35,37-50,54H2,1-2H3,(H,57,58)/b8-6-,14-12-,17-15-,20-19-,36-33-. The van der Waals surface area contributed by atoms with Crippen LogP contribution in [0.2, 0.25) is 0 Å². The lowest BCUT2D eigenvalue weighted by atomic mass is 10.0. The van der Waals surface area contributed by atoms with Gasteiger partial charge in [0.15, 0.2) is 6.10 Å². The minimum atomic E-state index is -4.39. The molecule has 0 saturated heterocycles. The number of nitrogens with two attached hydrogens (primary N) is 1. The highest BCUT2D eigenvalue weighted by molar-refractivity contribution is 7.47. The summed E-state index contributed by atoms with van der Waals surface area (Å²) in [7, 11) is -4.39. The van der Waals surface area contributed by atoms with Crippen LogP contribution >= 0.6 is 7.82 Å². The number of unbranched alkanes of at least 4 members (excludes halogenated alkanes) is 25. The summed E-state index contributed by atoms with van der Waals surface area (Å²) in [4.78, 5) is 35.0. The van der Waals surface area contributed by atoms with Gasteiger partial charge in [-0.3, -0.25) is 18.6 Å². The number of ether oxygens (including phenoxy) is 2. The van der Waals surface area contributed by atoms with E-state index in [1.165, 1.54) is 135 Å². The van der Waals surface area contributed by atoms with E-state index in [0.29, 0.717) is 6.42 Å². The van der Waals surface area contributed by atoms with Crippen molar-refractivity contribution in [1.82, 2.24) is 0 Å². The molecule has 3 N–H and O–H groups in total. The van der Waals surface area contributed by atoms with Gasteiger partial charge in [-0.15, -0.1) is 0 Å². The van der Waals surface area contributed by atoms with E-state index >= 15 is 0 Å². The van der Waals surface area contributed by atoms with Crippen molar-refractivity contribution >= 4 is 19.8 Å². The molecule has 0 radical (unpaired) electrons. The van der Waals surface area contributed by atoms with E-state index in [1.54, 1.807) is 0 Å². The largest absolute Gasteiger partial charge is 0.472 e. The van der Waals surface area contributed by atoms with Gasteiger partial charge in [0, 0.05) is 19.4 Å². The maximum Gasteiger partial charge on any atom is 0.472 e. The van der Waals surface area contributed by atoms with Crippen molar-refractivity contribution in [3.05, 3.63) is 60.8 Å². The number of esters is 2. The first-order valence-electron chi connectivity index (χ1n) is 25.8. The maximum absolute atomic E-state index is 12.6. The van der Waals surface area contributed by atoms with E-state index in [9.17, 15) is 19.0 Å². The highest BCUT2D eigenvalue weighted by atomic mass is 31.2. The molecule has 63 heavy (non-hydrogen) atoms. The quantitative estimate of drug-likeness (QED) is 0.0265. The van der Waals surface area contributed by atoms with Crippen molar-refractivity contribution in [2.24, 2.45) is 5.73 Å². The van der Waals surface area contributed by atoms with Crippen LogP contribution < -0.4 is 5.73 Å². The number of rotatable bonds is 48. The third-order valence-corrected chi connectivity index (χ3v) is 11.9. The number of phosphoric ester groups is 1. The van der Waals surface area contributed by atoms with Gasteiger partial charge >= 0.3 is 19.8 Å². The summed E-state index contributed by atoms with van der Waals surface area (Å²) in [6.45, 7) is 3.59. The van der Waals surface area contributed by atoms with Gasteiger partial charge in [0.25, 0.3) is 0 Å². The van der Waals surface area contributed by atoms with Crippen LogP contribution in [0.15, 0.2) is 60.8 Å². The van der Waals surface area contributed by atoms with Gasteiger partial charge < -0.3 is 20.1 Å². The van der Waals surface area contributed by atoms with Crippen LogP contribution in [0, 0.1) is 0 Å². The van der Waals surface area contributed by atoms with Gasteiger partial charge in [-0.1, -0.05) is 203 Å². The maximum atomic E-state index is 12.6. The molecular weight excluding hydrogens is 810 g/mol. The van der Waals surface area contributed by atoms with E-state index in [4.69, 9.17) is 24.3 Å². The van der Waals surface area contributed by atoms with Crippen LogP contribution in [0.5, 0.6) is 0 Å². The zero-order valence-corrected chi connectivity index (χ0v) is 41.4. The lowest BCUT2D eigenvalue weighted by Gasteiger charge is -2.19. The Hall–Kier alpha value is -2.29. The zero-order valence-electron chi connectivity index (χ0n) is 40.6. The molecule has 0 rings (SSSR count). The molecule has 2 atom stereocenters. The van der Waals surface area contributed by atoms with Crippen LogP contribution in [-0.2, 0) is 32.7 Å². The number of phosphoric acid groups is 1. The first-order chi connectivity index (χ1) is 30.8. The Balaban J connectivity index is 3.92. The number of hydrogen-bond donors (Lipinski definition) is 2. The molecular formula is C53H96NO8P. The summed E-state index contributed by atoms with van der Waals surface area (Å²) < 4.78 is 32.8. The first-order valence-corrected chi connectivity index (χ1v) is 27.3. The fraction of sp³-hybridized carbons (Fsp3) is 0.774. The van der Waals surface area contributed by atoms with Crippen LogP contribution in [0.1, 0.15) is 232 Å². The van der Waals surface area contributed by atoms with E-state index in [0.717, 1.165) is 64.2 Å². The van der Waals surface area contributed by atoms with Crippen molar-refractivity contribution in [2.45, 2.75) is 238 Å². The molecule has 0 aromatic heterocycles. The molecule has 0 aliphatic rings. The van der Waals surface area contributed by atoms with Crippen LogP contribution in [0.3, 0.4) is 0 Å². The van der Waals surface area contributed by atoms with Crippen molar-refractivity contribution in [2.75, 3.05) is 26.4 Å². The molecule has 9 nitrogen and oxygen atoms in total. The Morgan fingerprint density at radius 3 is 1.32 bits per heavy atom. The monoisotopic (exact) mass is 906 g/mol. The van der Waals surface area contributed by atoms with Crippen LogP contribution in [0.25, 0.3) is 0 Å². The van der Waals surface area contributed by atoms with Crippen LogP contribution in [0.4, 0.5) is 0 Å². The molecule has 0 aliphatic heterocycles. The van der Waals surface area contributed by atoms with Crippen molar-refractivity contribution in [3.8, 4) is 0 Å². The SMILES string of the molecule is CC/C=C\C/C=C\C/C=C\CCCCCC(=O)OC(COC(=O)CCCCCCCCCCCCCCCCCCC/C=C\C/C=C\CCCCCCC)COP(=O)(O)OCCN. The summed E-state index contributed by atoms with van der Waals surface area (Å²) in [5.41, 5.74) is 5.36. The molecule has 0 saturated carbocycles. The fourth-order valence-corrected chi connectivity index (χ4v) is 7.86. The predicted octanol–water partition coefficient (Wildman–Crippen LogP) is 15.6. The lowest BCUT2D eigenvalue weighted by Crippen LogP contribution is -2.29. The topological polar surface area (TPSA) is 134 Å². The minimum Gasteiger partial charge on any atom is -0.462 e.